The Morgan fingerprint density at radius 2 is 2.50 bits per heavy atom. The van der Waals surface area contributed by atoms with Crippen molar-refractivity contribution in [3.63, 3.8) is 0 Å². The molecule has 0 aromatic carbocycles. The third kappa shape index (κ3) is 1.14. The molecule has 0 unspecified atom stereocenters. The minimum absolute atomic E-state index is 1.03. The van der Waals surface area contributed by atoms with Crippen LogP contribution in [0.5, 0.6) is 0 Å². The molecule has 1 heterocycles. The smallest absolute Gasteiger partial charge is 0.0389 e. The maximum atomic E-state index is 5.29. The van der Waals surface area contributed by atoms with Gasteiger partial charge in [0.1, 0.15) is 0 Å². The summed E-state index contributed by atoms with van der Waals surface area (Å²) in [7, 11) is 0. The summed E-state index contributed by atoms with van der Waals surface area (Å²) >= 11 is 5.29. The predicted octanol–water partition coefficient (Wildman–Crippen LogP) is 2.22. The highest BCUT2D eigenvalue weighted by molar-refractivity contribution is 6.27. The van der Waals surface area contributed by atoms with E-state index in [9.17, 15) is 0 Å². The average molecular weight is 128 g/mol. The van der Waals surface area contributed by atoms with Gasteiger partial charge in [-0.1, -0.05) is 11.6 Å². The summed E-state index contributed by atoms with van der Waals surface area (Å²) in [6, 6.07) is 3.87. The number of nitrogens with one attached hydrogen (secondary N) is 1. The monoisotopic (exact) mass is 127 g/mol. The highest BCUT2D eigenvalue weighted by Crippen LogP contribution is 1.97. The largest absolute Gasteiger partial charge is 0.362 e. The van der Waals surface area contributed by atoms with E-state index in [1.54, 1.807) is 6.08 Å². The molecule has 0 aliphatic rings. The minimum Gasteiger partial charge on any atom is -0.362 e. The first-order chi connectivity index (χ1) is 3.93. The zero-order chi connectivity index (χ0) is 5.82. The van der Waals surface area contributed by atoms with Crippen LogP contribution in [-0.2, 0) is 0 Å². The Labute approximate surface area is 53.0 Å². The first kappa shape index (κ1) is 5.45. The number of halogens is 1. The van der Waals surface area contributed by atoms with Crippen LogP contribution in [0, 0.1) is 0 Å². The molecule has 0 aliphatic heterocycles. The Balaban J connectivity index is 2.77. The van der Waals surface area contributed by atoms with Crippen LogP contribution in [0.15, 0.2) is 23.9 Å². The summed E-state index contributed by atoms with van der Waals surface area (Å²) < 4.78 is 0. The second kappa shape index (κ2) is 2.58. The molecule has 0 saturated carbocycles. The maximum Gasteiger partial charge on any atom is 0.0389 e. The summed E-state index contributed by atoms with van der Waals surface area (Å²) in [5, 5.41) is 0. The van der Waals surface area contributed by atoms with Gasteiger partial charge in [-0.3, -0.25) is 0 Å². The van der Waals surface area contributed by atoms with E-state index in [-0.39, 0.29) is 0 Å². The van der Waals surface area contributed by atoms with Crippen molar-refractivity contribution in [2.75, 3.05) is 0 Å². The SMILES string of the molecule is ClC=Cc1ccc[nH]1. The van der Waals surface area contributed by atoms with Gasteiger partial charge >= 0.3 is 0 Å². The number of rotatable bonds is 1. The molecule has 0 spiro atoms. The van der Waals surface area contributed by atoms with Gasteiger partial charge in [-0.25, -0.2) is 0 Å². The van der Waals surface area contributed by atoms with E-state index < -0.39 is 0 Å². The van der Waals surface area contributed by atoms with Crippen molar-refractivity contribution >= 4 is 17.7 Å². The maximum absolute atomic E-state index is 5.29. The Kier molecular flexibility index (Phi) is 1.75. The summed E-state index contributed by atoms with van der Waals surface area (Å²) in [5.41, 5.74) is 2.51. The van der Waals surface area contributed by atoms with Crippen molar-refractivity contribution in [2.24, 2.45) is 0 Å². The zero-order valence-electron chi connectivity index (χ0n) is 4.26. The minimum atomic E-state index is 1.03. The molecule has 0 aliphatic carbocycles. The molecule has 8 heavy (non-hydrogen) atoms. The molecular weight excluding hydrogens is 122 g/mol. The third-order valence-electron chi connectivity index (χ3n) is 0.865. The van der Waals surface area contributed by atoms with Crippen molar-refractivity contribution < 1.29 is 0 Å². The van der Waals surface area contributed by atoms with Gasteiger partial charge in [0.05, 0.1) is 0 Å². The molecule has 0 amide bonds. The summed E-state index contributed by atoms with van der Waals surface area (Å²) in [6.45, 7) is 0. The van der Waals surface area contributed by atoms with Crippen LogP contribution in [0.25, 0.3) is 6.08 Å². The number of hydrogen-bond acceptors (Lipinski definition) is 0. The third-order valence-corrected chi connectivity index (χ3v) is 0.991. The Morgan fingerprint density at radius 1 is 1.62 bits per heavy atom. The van der Waals surface area contributed by atoms with Gasteiger partial charge in [-0.2, -0.15) is 0 Å². The van der Waals surface area contributed by atoms with E-state index in [0.29, 0.717) is 0 Å². The highest BCUT2D eigenvalue weighted by Gasteiger charge is 1.79. The van der Waals surface area contributed by atoms with E-state index in [0.717, 1.165) is 5.69 Å². The summed E-state index contributed by atoms with van der Waals surface area (Å²) in [5.74, 6) is 0. The van der Waals surface area contributed by atoms with Crippen LogP contribution >= 0.6 is 11.6 Å². The van der Waals surface area contributed by atoms with Crippen LogP contribution < -0.4 is 0 Å². The predicted molar refractivity (Wildman–Crippen MR) is 35.7 cm³/mol. The fraction of sp³-hybridized carbons (Fsp3) is 0. The molecule has 1 aromatic heterocycles. The lowest BCUT2D eigenvalue weighted by molar-refractivity contribution is 1.38. The average Bonchev–Trinajstić information content (AvgIpc) is 2.19. The van der Waals surface area contributed by atoms with Gasteiger partial charge in [0.15, 0.2) is 0 Å². The van der Waals surface area contributed by atoms with Crippen molar-refractivity contribution in [3.05, 3.63) is 29.6 Å². The lowest BCUT2D eigenvalue weighted by atomic mass is 10.4. The van der Waals surface area contributed by atoms with Gasteiger partial charge in [0.25, 0.3) is 0 Å². The second-order valence-corrected chi connectivity index (χ2v) is 1.67. The molecule has 0 saturated heterocycles. The summed E-state index contributed by atoms with van der Waals surface area (Å²) in [4.78, 5) is 2.97. The van der Waals surface area contributed by atoms with Crippen molar-refractivity contribution in [3.8, 4) is 0 Å². The number of hydrogen-bond donors (Lipinski definition) is 1. The lowest BCUT2D eigenvalue weighted by Gasteiger charge is -1.77. The fourth-order valence-electron chi connectivity index (χ4n) is 0.516. The topological polar surface area (TPSA) is 15.8 Å². The van der Waals surface area contributed by atoms with E-state index in [1.165, 1.54) is 5.54 Å². The van der Waals surface area contributed by atoms with Crippen LogP contribution in [0.2, 0.25) is 0 Å². The number of aromatic nitrogens is 1. The van der Waals surface area contributed by atoms with Crippen LogP contribution in [0.4, 0.5) is 0 Å². The molecule has 1 rings (SSSR count). The van der Waals surface area contributed by atoms with Crippen molar-refractivity contribution in [1.82, 2.24) is 4.98 Å². The molecule has 0 radical (unpaired) electrons. The molecule has 1 N–H and O–H groups in total. The standard InChI is InChI=1S/C6H6ClN/c7-4-3-6-2-1-5-8-6/h1-5,8H. The molecule has 0 fully saturated rings. The van der Waals surface area contributed by atoms with Crippen LogP contribution in [0.3, 0.4) is 0 Å². The van der Waals surface area contributed by atoms with E-state index in [1.807, 2.05) is 18.3 Å². The lowest BCUT2D eigenvalue weighted by Crippen LogP contribution is -1.62. The van der Waals surface area contributed by atoms with Gasteiger partial charge in [0.2, 0.25) is 0 Å². The highest BCUT2D eigenvalue weighted by atomic mass is 35.5. The Bertz CT molecular complexity index is 165. The Morgan fingerprint density at radius 3 is 3.00 bits per heavy atom. The molecule has 0 bridgehead atoms. The van der Waals surface area contributed by atoms with Crippen molar-refractivity contribution in [2.45, 2.75) is 0 Å². The van der Waals surface area contributed by atoms with Crippen LogP contribution in [0.1, 0.15) is 5.69 Å². The van der Waals surface area contributed by atoms with E-state index in [4.69, 9.17) is 11.6 Å². The van der Waals surface area contributed by atoms with Crippen molar-refractivity contribution in [1.29, 1.82) is 0 Å². The molecule has 2 heteroatoms. The van der Waals surface area contributed by atoms with Gasteiger partial charge in [-0.05, 0) is 18.2 Å². The quantitative estimate of drug-likeness (QED) is 0.596. The molecule has 42 valence electrons. The molecule has 1 aromatic rings. The fourth-order valence-corrected chi connectivity index (χ4v) is 0.651. The first-order valence-electron chi connectivity index (χ1n) is 2.33. The van der Waals surface area contributed by atoms with E-state index >= 15 is 0 Å². The van der Waals surface area contributed by atoms with Gasteiger partial charge < -0.3 is 4.98 Å². The number of H-pyrrole nitrogens is 1. The first-order valence-corrected chi connectivity index (χ1v) is 2.77. The molecule has 1 nitrogen and oxygen atoms in total. The zero-order valence-corrected chi connectivity index (χ0v) is 5.02. The van der Waals surface area contributed by atoms with E-state index in [2.05, 4.69) is 4.98 Å². The Hall–Kier alpha value is -0.690. The van der Waals surface area contributed by atoms with Gasteiger partial charge in [-0.15, -0.1) is 0 Å². The molecule has 0 atom stereocenters. The number of aromatic amines is 1. The molecular formula is C6H6ClN. The normalized spacial score (nSPS) is 10.6. The van der Waals surface area contributed by atoms with Crippen LogP contribution in [-0.4, -0.2) is 4.98 Å². The van der Waals surface area contributed by atoms with Gasteiger partial charge in [0, 0.05) is 17.4 Å². The summed E-state index contributed by atoms with van der Waals surface area (Å²) in [6.07, 6.45) is 3.65. The second-order valence-electron chi connectivity index (χ2n) is 1.42.